The standard InChI is InChI=1S/C18H28N2O3/c1-14-7-8-15(17(12-14)23-11-5-10-22-2)13-20-18(21)16-6-3-4-9-19-16/h7-8,12,16,19H,3-6,9-11,13H2,1-2H3,(H,20,21). The third-order valence-electron chi connectivity index (χ3n) is 4.05. The van der Waals surface area contributed by atoms with Gasteiger partial charge in [0, 0.05) is 32.2 Å². The predicted octanol–water partition coefficient (Wildman–Crippen LogP) is 2.17. The Bertz CT molecular complexity index is 499. The van der Waals surface area contributed by atoms with Gasteiger partial charge in [-0.3, -0.25) is 4.79 Å². The number of nitrogens with one attached hydrogen (secondary N) is 2. The lowest BCUT2D eigenvalue weighted by molar-refractivity contribution is -0.123. The second-order valence-electron chi connectivity index (χ2n) is 6.03. The summed E-state index contributed by atoms with van der Waals surface area (Å²) in [6.45, 7) is 4.76. The molecule has 0 bridgehead atoms. The van der Waals surface area contributed by atoms with Gasteiger partial charge in [-0.15, -0.1) is 0 Å². The molecular formula is C18H28N2O3. The number of ether oxygens (including phenoxy) is 2. The molecule has 1 heterocycles. The van der Waals surface area contributed by atoms with Gasteiger partial charge in [-0.05, 0) is 37.9 Å². The number of carbonyl (C=O) groups excluding carboxylic acids is 1. The molecule has 1 aromatic rings. The Morgan fingerprint density at radius 2 is 2.22 bits per heavy atom. The Morgan fingerprint density at radius 3 is 2.96 bits per heavy atom. The molecule has 5 nitrogen and oxygen atoms in total. The van der Waals surface area contributed by atoms with Crippen LogP contribution in [0, 0.1) is 6.92 Å². The van der Waals surface area contributed by atoms with Crippen molar-refractivity contribution in [2.75, 3.05) is 26.9 Å². The van der Waals surface area contributed by atoms with Crippen molar-refractivity contribution in [1.82, 2.24) is 10.6 Å². The topological polar surface area (TPSA) is 59.6 Å². The third-order valence-corrected chi connectivity index (χ3v) is 4.05. The summed E-state index contributed by atoms with van der Waals surface area (Å²) in [4.78, 5) is 12.2. The lowest BCUT2D eigenvalue weighted by atomic mass is 10.0. The first kappa shape index (κ1) is 17.8. The van der Waals surface area contributed by atoms with Crippen LogP contribution in [0.15, 0.2) is 18.2 Å². The average molecular weight is 320 g/mol. The van der Waals surface area contributed by atoms with E-state index < -0.39 is 0 Å². The van der Waals surface area contributed by atoms with Crippen LogP contribution in [0.3, 0.4) is 0 Å². The highest BCUT2D eigenvalue weighted by molar-refractivity contribution is 5.81. The average Bonchev–Trinajstić information content (AvgIpc) is 2.58. The molecule has 1 aliphatic heterocycles. The molecule has 0 saturated carbocycles. The summed E-state index contributed by atoms with van der Waals surface area (Å²) in [6.07, 6.45) is 4.03. The Kier molecular flexibility index (Phi) is 7.36. The number of aryl methyl sites for hydroxylation is 1. The van der Waals surface area contributed by atoms with E-state index in [-0.39, 0.29) is 11.9 Å². The number of methoxy groups -OCH3 is 1. The minimum absolute atomic E-state index is 0.0553. The van der Waals surface area contributed by atoms with Crippen LogP contribution < -0.4 is 15.4 Å². The van der Waals surface area contributed by atoms with E-state index in [4.69, 9.17) is 9.47 Å². The van der Waals surface area contributed by atoms with Crippen molar-refractivity contribution in [1.29, 1.82) is 0 Å². The molecule has 2 N–H and O–H groups in total. The number of hydrogen-bond acceptors (Lipinski definition) is 4. The summed E-state index contributed by atoms with van der Waals surface area (Å²) in [6, 6.07) is 6.03. The summed E-state index contributed by atoms with van der Waals surface area (Å²) in [5.41, 5.74) is 2.16. The van der Waals surface area contributed by atoms with Crippen molar-refractivity contribution in [3.05, 3.63) is 29.3 Å². The van der Waals surface area contributed by atoms with Crippen molar-refractivity contribution in [3.63, 3.8) is 0 Å². The zero-order valence-corrected chi connectivity index (χ0v) is 14.2. The van der Waals surface area contributed by atoms with Crippen LogP contribution in [0.1, 0.15) is 36.8 Å². The molecule has 128 valence electrons. The SMILES string of the molecule is COCCCOc1cc(C)ccc1CNC(=O)C1CCCCN1. The summed E-state index contributed by atoms with van der Waals surface area (Å²) in [5, 5.41) is 6.29. The van der Waals surface area contributed by atoms with Gasteiger partial charge < -0.3 is 20.1 Å². The van der Waals surface area contributed by atoms with E-state index in [0.29, 0.717) is 19.8 Å². The number of hydrogen-bond donors (Lipinski definition) is 2. The molecule has 1 fully saturated rings. The van der Waals surface area contributed by atoms with Gasteiger partial charge in [-0.25, -0.2) is 0 Å². The molecule has 0 aromatic heterocycles. The van der Waals surface area contributed by atoms with Crippen LogP contribution in [-0.4, -0.2) is 38.8 Å². The molecule has 5 heteroatoms. The first-order chi connectivity index (χ1) is 11.2. The maximum Gasteiger partial charge on any atom is 0.237 e. The lowest BCUT2D eigenvalue weighted by Gasteiger charge is -2.22. The van der Waals surface area contributed by atoms with Crippen molar-refractivity contribution >= 4 is 5.91 Å². The zero-order valence-electron chi connectivity index (χ0n) is 14.2. The monoisotopic (exact) mass is 320 g/mol. The molecule has 1 amide bonds. The van der Waals surface area contributed by atoms with Crippen molar-refractivity contribution in [2.45, 2.75) is 45.2 Å². The highest BCUT2D eigenvalue weighted by Gasteiger charge is 2.20. The molecule has 0 radical (unpaired) electrons. The summed E-state index contributed by atoms with van der Waals surface area (Å²) in [5.74, 6) is 0.925. The van der Waals surface area contributed by atoms with Gasteiger partial charge in [0.2, 0.25) is 5.91 Å². The quantitative estimate of drug-likeness (QED) is 0.721. The molecule has 1 aliphatic rings. The van der Waals surface area contributed by atoms with Crippen molar-refractivity contribution < 1.29 is 14.3 Å². The molecule has 1 aromatic carbocycles. The first-order valence-corrected chi connectivity index (χ1v) is 8.43. The van der Waals surface area contributed by atoms with Gasteiger partial charge in [-0.2, -0.15) is 0 Å². The van der Waals surface area contributed by atoms with Crippen LogP contribution in [0.25, 0.3) is 0 Å². The molecule has 1 atom stereocenters. The summed E-state index contributed by atoms with van der Waals surface area (Å²) < 4.78 is 10.9. The third kappa shape index (κ3) is 5.84. The molecule has 23 heavy (non-hydrogen) atoms. The maximum absolute atomic E-state index is 12.2. The van der Waals surface area contributed by atoms with E-state index in [1.165, 1.54) is 0 Å². The Hall–Kier alpha value is -1.59. The van der Waals surface area contributed by atoms with E-state index in [1.807, 2.05) is 25.1 Å². The van der Waals surface area contributed by atoms with E-state index in [9.17, 15) is 4.79 Å². The van der Waals surface area contributed by atoms with Gasteiger partial charge in [0.1, 0.15) is 5.75 Å². The highest BCUT2D eigenvalue weighted by Crippen LogP contribution is 2.20. The Labute approximate surface area is 138 Å². The van der Waals surface area contributed by atoms with E-state index >= 15 is 0 Å². The number of rotatable bonds is 8. The Morgan fingerprint density at radius 1 is 1.35 bits per heavy atom. The molecular weight excluding hydrogens is 292 g/mol. The number of piperidine rings is 1. The fourth-order valence-electron chi connectivity index (χ4n) is 2.71. The van der Waals surface area contributed by atoms with Crippen LogP contribution in [0.5, 0.6) is 5.75 Å². The van der Waals surface area contributed by atoms with Crippen LogP contribution in [0.2, 0.25) is 0 Å². The van der Waals surface area contributed by atoms with Crippen molar-refractivity contribution in [2.24, 2.45) is 0 Å². The van der Waals surface area contributed by atoms with Gasteiger partial charge in [0.15, 0.2) is 0 Å². The second kappa shape index (κ2) is 9.53. The van der Waals surface area contributed by atoms with E-state index in [0.717, 1.165) is 49.1 Å². The van der Waals surface area contributed by atoms with Gasteiger partial charge in [0.05, 0.1) is 12.6 Å². The number of carbonyl (C=O) groups is 1. The minimum atomic E-state index is -0.0553. The second-order valence-corrected chi connectivity index (χ2v) is 6.03. The minimum Gasteiger partial charge on any atom is -0.493 e. The van der Waals surface area contributed by atoms with Gasteiger partial charge >= 0.3 is 0 Å². The molecule has 0 aliphatic carbocycles. The normalized spacial score (nSPS) is 17.7. The predicted molar refractivity (Wildman–Crippen MR) is 90.7 cm³/mol. The molecule has 0 spiro atoms. The fraction of sp³-hybridized carbons (Fsp3) is 0.611. The smallest absolute Gasteiger partial charge is 0.237 e. The van der Waals surface area contributed by atoms with Crippen LogP contribution in [-0.2, 0) is 16.1 Å². The highest BCUT2D eigenvalue weighted by atomic mass is 16.5. The number of amides is 1. The number of benzene rings is 1. The first-order valence-electron chi connectivity index (χ1n) is 8.43. The van der Waals surface area contributed by atoms with Crippen LogP contribution >= 0.6 is 0 Å². The van der Waals surface area contributed by atoms with Crippen LogP contribution in [0.4, 0.5) is 0 Å². The van der Waals surface area contributed by atoms with E-state index in [2.05, 4.69) is 10.6 Å². The van der Waals surface area contributed by atoms with Gasteiger partial charge in [0.25, 0.3) is 0 Å². The summed E-state index contributed by atoms with van der Waals surface area (Å²) in [7, 11) is 1.69. The largest absolute Gasteiger partial charge is 0.493 e. The molecule has 1 saturated heterocycles. The molecule has 2 rings (SSSR count). The van der Waals surface area contributed by atoms with Crippen molar-refractivity contribution in [3.8, 4) is 5.75 Å². The summed E-state index contributed by atoms with van der Waals surface area (Å²) >= 11 is 0. The fourth-order valence-corrected chi connectivity index (χ4v) is 2.71. The maximum atomic E-state index is 12.2. The van der Waals surface area contributed by atoms with E-state index in [1.54, 1.807) is 7.11 Å². The lowest BCUT2D eigenvalue weighted by Crippen LogP contribution is -2.46. The molecule has 1 unspecified atom stereocenters. The zero-order chi connectivity index (χ0) is 16.5. The Balaban J connectivity index is 1.88. The van der Waals surface area contributed by atoms with Gasteiger partial charge in [-0.1, -0.05) is 18.6 Å².